The number of allylic oxidation sites excluding steroid dienone is 1. The lowest BCUT2D eigenvalue weighted by atomic mass is 10.0. The van der Waals surface area contributed by atoms with Gasteiger partial charge in [0.25, 0.3) is 0 Å². The molecule has 0 radical (unpaired) electrons. The van der Waals surface area contributed by atoms with Gasteiger partial charge in [0.1, 0.15) is 23.4 Å². The van der Waals surface area contributed by atoms with Crippen molar-refractivity contribution in [2.75, 3.05) is 13.1 Å². The van der Waals surface area contributed by atoms with Gasteiger partial charge in [-0.05, 0) is 42.3 Å². The molecule has 2 aromatic carbocycles. The lowest BCUT2D eigenvalue weighted by Crippen LogP contribution is -2.44. The van der Waals surface area contributed by atoms with Crippen molar-refractivity contribution in [2.45, 2.75) is 25.6 Å². The van der Waals surface area contributed by atoms with Crippen LogP contribution in [-0.4, -0.2) is 34.3 Å². The molecule has 154 valence electrons. The van der Waals surface area contributed by atoms with E-state index < -0.39 is 0 Å². The molecule has 0 saturated carbocycles. The summed E-state index contributed by atoms with van der Waals surface area (Å²) in [4.78, 5) is 2.05. The molecule has 2 aromatic rings. The van der Waals surface area contributed by atoms with E-state index in [1.807, 2.05) is 12.1 Å². The summed E-state index contributed by atoms with van der Waals surface area (Å²) in [5.74, 6) is 0.440. The lowest BCUT2D eigenvalue weighted by Gasteiger charge is -2.40. The Kier molecular flexibility index (Phi) is 6.19. The number of ether oxygens (including phenoxy) is 1. The molecule has 0 bridgehead atoms. The van der Waals surface area contributed by atoms with E-state index in [4.69, 9.17) is 21.9 Å². The fraction of sp³-hybridized carbons (Fsp3) is 0.273. The summed E-state index contributed by atoms with van der Waals surface area (Å²) < 4.78 is 6.21. The normalized spacial score (nSPS) is 19.8. The Morgan fingerprint density at radius 3 is 2.38 bits per heavy atom. The summed E-state index contributed by atoms with van der Waals surface area (Å²) in [6.45, 7) is 3.20. The van der Waals surface area contributed by atoms with E-state index in [2.05, 4.69) is 11.8 Å². The smallest absolute Gasteiger partial charge is 0.124 e. The van der Waals surface area contributed by atoms with Crippen molar-refractivity contribution in [1.29, 1.82) is 0 Å². The number of nitrogens with two attached hydrogens (primary N) is 3. The Balaban J connectivity index is 1.91. The van der Waals surface area contributed by atoms with Crippen molar-refractivity contribution in [3.63, 3.8) is 0 Å². The predicted octanol–water partition coefficient (Wildman–Crippen LogP) is 2.34. The van der Waals surface area contributed by atoms with Gasteiger partial charge in [0.2, 0.25) is 0 Å². The third-order valence-corrected chi connectivity index (χ3v) is 5.03. The van der Waals surface area contributed by atoms with Crippen LogP contribution in [0.5, 0.6) is 11.5 Å². The molecule has 0 aliphatic carbocycles. The van der Waals surface area contributed by atoms with Crippen molar-refractivity contribution in [3.05, 3.63) is 77.3 Å². The highest BCUT2D eigenvalue weighted by Crippen LogP contribution is 2.31. The van der Waals surface area contributed by atoms with Gasteiger partial charge < -0.3 is 37.1 Å². The minimum Gasteiger partial charge on any atom is -0.508 e. The topological polar surface area (TPSA) is 131 Å². The van der Waals surface area contributed by atoms with Crippen molar-refractivity contribution in [2.24, 2.45) is 17.2 Å². The van der Waals surface area contributed by atoms with Gasteiger partial charge >= 0.3 is 0 Å². The van der Waals surface area contributed by atoms with Crippen LogP contribution in [0.2, 0.25) is 0 Å². The van der Waals surface area contributed by atoms with Crippen LogP contribution in [0.3, 0.4) is 0 Å². The molecule has 8 N–H and O–H groups in total. The Hall–Kier alpha value is -3.32. The first-order chi connectivity index (χ1) is 13.9. The SMILES string of the molecule is CCC1CN(C(/C=C(\N)c2ccccc2O)=C(N)N)CC(c2ccc(O)cc2)O1. The van der Waals surface area contributed by atoms with E-state index in [0.717, 1.165) is 12.0 Å². The second-order valence-corrected chi connectivity index (χ2v) is 7.11. The van der Waals surface area contributed by atoms with E-state index in [9.17, 15) is 10.2 Å². The maximum Gasteiger partial charge on any atom is 0.124 e. The molecule has 1 saturated heterocycles. The first-order valence-electron chi connectivity index (χ1n) is 9.59. The number of nitrogens with zero attached hydrogens (tertiary/aromatic N) is 1. The molecule has 1 aliphatic heterocycles. The number of phenols is 2. The van der Waals surface area contributed by atoms with Crippen LogP contribution in [0.1, 0.15) is 30.6 Å². The van der Waals surface area contributed by atoms with E-state index >= 15 is 0 Å². The van der Waals surface area contributed by atoms with Gasteiger partial charge in [-0.1, -0.05) is 31.2 Å². The lowest BCUT2D eigenvalue weighted by molar-refractivity contribution is -0.0782. The van der Waals surface area contributed by atoms with Crippen LogP contribution in [0.25, 0.3) is 5.70 Å². The van der Waals surface area contributed by atoms with Crippen LogP contribution in [0.4, 0.5) is 0 Å². The third kappa shape index (κ3) is 4.75. The molecule has 2 atom stereocenters. The molecule has 7 heteroatoms. The Morgan fingerprint density at radius 2 is 1.76 bits per heavy atom. The minimum atomic E-state index is -0.205. The monoisotopic (exact) mass is 396 g/mol. The number of hydrogen-bond acceptors (Lipinski definition) is 7. The Labute approximate surface area is 170 Å². The molecule has 0 aromatic heterocycles. The molecular formula is C22H28N4O3. The van der Waals surface area contributed by atoms with Crippen molar-refractivity contribution < 1.29 is 14.9 Å². The van der Waals surface area contributed by atoms with Crippen LogP contribution >= 0.6 is 0 Å². The fourth-order valence-corrected chi connectivity index (χ4v) is 3.43. The van der Waals surface area contributed by atoms with Gasteiger partial charge in [0.05, 0.1) is 11.8 Å². The fourth-order valence-electron chi connectivity index (χ4n) is 3.43. The molecular weight excluding hydrogens is 368 g/mol. The molecule has 29 heavy (non-hydrogen) atoms. The second-order valence-electron chi connectivity index (χ2n) is 7.11. The summed E-state index contributed by atoms with van der Waals surface area (Å²) >= 11 is 0. The molecule has 0 amide bonds. The standard InChI is InChI=1S/C22H28N4O3/c1-2-16-12-26(13-21(29-16)14-7-9-15(27)10-8-14)19(22(24)25)11-18(23)17-5-3-4-6-20(17)28/h3-11,16,21,27-28H,2,12-13,23-25H2,1H3/b18-11-. The van der Waals surface area contributed by atoms with Gasteiger partial charge in [-0.25, -0.2) is 0 Å². The average Bonchev–Trinajstić information content (AvgIpc) is 2.72. The Morgan fingerprint density at radius 1 is 1.07 bits per heavy atom. The molecule has 1 fully saturated rings. The third-order valence-electron chi connectivity index (χ3n) is 5.03. The van der Waals surface area contributed by atoms with Gasteiger partial charge in [0.15, 0.2) is 0 Å². The highest BCUT2D eigenvalue weighted by Gasteiger charge is 2.29. The van der Waals surface area contributed by atoms with E-state index in [1.54, 1.807) is 42.5 Å². The van der Waals surface area contributed by atoms with E-state index in [1.165, 1.54) is 0 Å². The Bertz CT molecular complexity index is 905. The number of rotatable bonds is 5. The molecule has 2 unspecified atom stereocenters. The zero-order valence-corrected chi connectivity index (χ0v) is 16.5. The summed E-state index contributed by atoms with van der Waals surface area (Å²) in [7, 11) is 0. The zero-order valence-electron chi connectivity index (χ0n) is 16.5. The quantitative estimate of drug-likeness (QED) is 0.490. The first-order valence-corrected chi connectivity index (χ1v) is 9.59. The van der Waals surface area contributed by atoms with Crippen LogP contribution < -0.4 is 17.2 Å². The summed E-state index contributed by atoms with van der Waals surface area (Å²) in [5, 5.41) is 19.6. The number of phenolic OH excluding ortho intramolecular Hbond substituents is 2. The summed E-state index contributed by atoms with van der Waals surface area (Å²) in [6, 6.07) is 13.8. The van der Waals surface area contributed by atoms with Gasteiger partial charge in [0, 0.05) is 24.4 Å². The van der Waals surface area contributed by atoms with Crippen molar-refractivity contribution >= 4 is 5.70 Å². The van der Waals surface area contributed by atoms with Crippen LogP contribution in [0.15, 0.2) is 66.1 Å². The van der Waals surface area contributed by atoms with E-state index in [0.29, 0.717) is 30.0 Å². The summed E-state index contributed by atoms with van der Waals surface area (Å²) in [5.41, 5.74) is 20.7. The second kappa shape index (κ2) is 8.79. The van der Waals surface area contributed by atoms with Gasteiger partial charge in [-0.3, -0.25) is 0 Å². The molecule has 7 nitrogen and oxygen atoms in total. The molecule has 1 heterocycles. The van der Waals surface area contributed by atoms with Crippen LogP contribution in [0, 0.1) is 0 Å². The number of para-hydroxylation sites is 1. The molecule has 0 spiro atoms. The molecule has 1 aliphatic rings. The zero-order chi connectivity index (χ0) is 21.0. The highest BCUT2D eigenvalue weighted by atomic mass is 16.5. The number of benzene rings is 2. The maximum atomic E-state index is 10.1. The average molecular weight is 396 g/mol. The van der Waals surface area contributed by atoms with Gasteiger partial charge in [-0.15, -0.1) is 0 Å². The highest BCUT2D eigenvalue weighted by molar-refractivity contribution is 5.69. The molecule has 3 rings (SSSR count). The predicted molar refractivity (Wildman–Crippen MR) is 113 cm³/mol. The summed E-state index contributed by atoms with van der Waals surface area (Å²) in [6.07, 6.45) is 2.29. The van der Waals surface area contributed by atoms with Crippen LogP contribution in [-0.2, 0) is 4.74 Å². The maximum absolute atomic E-state index is 10.1. The van der Waals surface area contributed by atoms with E-state index in [-0.39, 0.29) is 29.5 Å². The largest absolute Gasteiger partial charge is 0.508 e. The number of morpholine rings is 1. The minimum absolute atomic E-state index is 0.0170. The number of aromatic hydroxyl groups is 2. The first kappa shape index (κ1) is 20.4. The van der Waals surface area contributed by atoms with Crippen molar-refractivity contribution in [1.82, 2.24) is 4.90 Å². The number of hydrogen-bond donors (Lipinski definition) is 5. The van der Waals surface area contributed by atoms with Gasteiger partial charge in [-0.2, -0.15) is 0 Å². The van der Waals surface area contributed by atoms with Crippen molar-refractivity contribution in [3.8, 4) is 11.5 Å².